The summed E-state index contributed by atoms with van der Waals surface area (Å²) in [7, 11) is 0. The van der Waals surface area contributed by atoms with Crippen LogP contribution in [0.1, 0.15) is 28.8 Å². The van der Waals surface area contributed by atoms with E-state index in [1.54, 1.807) is 18.7 Å². The summed E-state index contributed by atoms with van der Waals surface area (Å²) < 4.78 is 0. The largest absolute Gasteiger partial charge is 0.356 e. The molecule has 0 saturated carbocycles. The number of amides is 1. The van der Waals surface area contributed by atoms with E-state index in [9.17, 15) is 4.79 Å². The summed E-state index contributed by atoms with van der Waals surface area (Å²) in [5, 5.41) is 3.86. The summed E-state index contributed by atoms with van der Waals surface area (Å²) in [6.07, 6.45) is 7.42. The molecule has 126 valence electrons. The standard InChI is InChI=1S/C19H19N5O/c25-19(21-12-14-4-3-7-20-11-14)15-5-6-17-16(10-15)18(23-13-22-17)24-8-1-2-9-24/h3-7,10-11,13H,1-2,8-9,12H2,(H,21,25). The number of nitrogens with zero attached hydrogens (tertiary/aromatic N) is 4. The lowest BCUT2D eigenvalue weighted by Crippen LogP contribution is -2.23. The van der Waals surface area contributed by atoms with Crippen molar-refractivity contribution >= 4 is 22.6 Å². The van der Waals surface area contributed by atoms with Crippen molar-refractivity contribution in [1.29, 1.82) is 0 Å². The number of nitrogens with one attached hydrogen (secondary N) is 1. The highest BCUT2D eigenvalue weighted by Gasteiger charge is 2.17. The number of rotatable bonds is 4. The molecule has 2 aromatic heterocycles. The molecule has 0 atom stereocenters. The van der Waals surface area contributed by atoms with Gasteiger partial charge in [-0.25, -0.2) is 9.97 Å². The number of carbonyl (C=O) groups is 1. The Hall–Kier alpha value is -3.02. The Kier molecular flexibility index (Phi) is 4.24. The zero-order valence-electron chi connectivity index (χ0n) is 13.9. The van der Waals surface area contributed by atoms with E-state index >= 15 is 0 Å². The van der Waals surface area contributed by atoms with E-state index in [0.29, 0.717) is 12.1 Å². The molecular formula is C19H19N5O. The van der Waals surface area contributed by atoms with Gasteiger partial charge in [-0.2, -0.15) is 0 Å². The fourth-order valence-electron chi connectivity index (χ4n) is 3.15. The number of anilines is 1. The van der Waals surface area contributed by atoms with Crippen LogP contribution in [0.15, 0.2) is 49.1 Å². The molecule has 1 N–H and O–H groups in total. The van der Waals surface area contributed by atoms with Crippen LogP contribution in [0.3, 0.4) is 0 Å². The maximum atomic E-state index is 12.5. The Balaban J connectivity index is 1.59. The molecule has 0 spiro atoms. The minimum Gasteiger partial charge on any atom is -0.356 e. The molecule has 6 heteroatoms. The van der Waals surface area contributed by atoms with Gasteiger partial charge >= 0.3 is 0 Å². The molecule has 0 radical (unpaired) electrons. The first-order valence-corrected chi connectivity index (χ1v) is 8.48. The van der Waals surface area contributed by atoms with Crippen molar-refractivity contribution < 1.29 is 4.79 Å². The topological polar surface area (TPSA) is 71.0 Å². The van der Waals surface area contributed by atoms with Crippen LogP contribution in [0, 0.1) is 0 Å². The average Bonchev–Trinajstić information content (AvgIpc) is 3.20. The Morgan fingerprint density at radius 3 is 2.84 bits per heavy atom. The Labute approximate surface area is 145 Å². The summed E-state index contributed by atoms with van der Waals surface area (Å²) in [5.74, 6) is 0.811. The number of hydrogen-bond donors (Lipinski definition) is 1. The van der Waals surface area contributed by atoms with Gasteiger partial charge in [-0.05, 0) is 42.7 Å². The van der Waals surface area contributed by atoms with Gasteiger partial charge < -0.3 is 10.2 Å². The molecule has 1 aliphatic heterocycles. The van der Waals surface area contributed by atoms with Gasteiger partial charge in [0.1, 0.15) is 12.1 Å². The van der Waals surface area contributed by atoms with Crippen LogP contribution < -0.4 is 10.2 Å². The van der Waals surface area contributed by atoms with Gasteiger partial charge in [0.25, 0.3) is 5.91 Å². The lowest BCUT2D eigenvalue weighted by molar-refractivity contribution is 0.0951. The fourth-order valence-corrected chi connectivity index (χ4v) is 3.15. The Morgan fingerprint density at radius 2 is 2.04 bits per heavy atom. The second-order valence-electron chi connectivity index (χ2n) is 6.17. The summed E-state index contributed by atoms with van der Waals surface area (Å²) in [4.78, 5) is 27.6. The maximum Gasteiger partial charge on any atom is 0.251 e. The fraction of sp³-hybridized carbons (Fsp3) is 0.263. The monoisotopic (exact) mass is 333 g/mol. The molecule has 0 aliphatic carbocycles. The molecule has 1 fully saturated rings. The van der Waals surface area contributed by atoms with Crippen molar-refractivity contribution in [3.8, 4) is 0 Å². The van der Waals surface area contributed by atoms with Gasteiger partial charge in [-0.1, -0.05) is 6.07 Å². The molecule has 0 bridgehead atoms. The van der Waals surface area contributed by atoms with Crippen molar-refractivity contribution in [2.75, 3.05) is 18.0 Å². The van der Waals surface area contributed by atoms with E-state index in [1.165, 1.54) is 12.8 Å². The van der Waals surface area contributed by atoms with Gasteiger partial charge in [0.2, 0.25) is 0 Å². The number of benzene rings is 1. The van der Waals surface area contributed by atoms with Gasteiger partial charge in [-0.3, -0.25) is 9.78 Å². The number of fused-ring (bicyclic) bond motifs is 1. The van der Waals surface area contributed by atoms with Crippen LogP contribution in [0.5, 0.6) is 0 Å². The van der Waals surface area contributed by atoms with E-state index in [-0.39, 0.29) is 5.91 Å². The van der Waals surface area contributed by atoms with Crippen LogP contribution >= 0.6 is 0 Å². The molecule has 3 heterocycles. The second-order valence-corrected chi connectivity index (χ2v) is 6.17. The zero-order valence-corrected chi connectivity index (χ0v) is 13.9. The predicted molar refractivity (Wildman–Crippen MR) is 96.4 cm³/mol. The highest BCUT2D eigenvalue weighted by molar-refractivity contribution is 6.00. The van der Waals surface area contributed by atoms with Gasteiger partial charge in [-0.15, -0.1) is 0 Å². The normalized spacial score (nSPS) is 14.0. The van der Waals surface area contributed by atoms with E-state index in [4.69, 9.17) is 0 Å². The third kappa shape index (κ3) is 3.28. The molecule has 1 aromatic carbocycles. The van der Waals surface area contributed by atoms with Crippen LogP contribution in [-0.4, -0.2) is 33.9 Å². The lowest BCUT2D eigenvalue weighted by atomic mass is 10.1. The Morgan fingerprint density at radius 1 is 1.16 bits per heavy atom. The van der Waals surface area contributed by atoms with E-state index in [1.807, 2.05) is 30.3 Å². The minimum atomic E-state index is -0.109. The molecule has 1 saturated heterocycles. The summed E-state index contributed by atoms with van der Waals surface area (Å²) in [5.41, 5.74) is 2.45. The van der Waals surface area contributed by atoms with Gasteiger partial charge in [0.15, 0.2) is 0 Å². The third-order valence-corrected chi connectivity index (χ3v) is 4.46. The lowest BCUT2D eigenvalue weighted by Gasteiger charge is -2.18. The van der Waals surface area contributed by atoms with Crippen LogP contribution in [0.2, 0.25) is 0 Å². The number of pyridine rings is 1. The average molecular weight is 333 g/mol. The van der Waals surface area contributed by atoms with E-state index in [0.717, 1.165) is 35.4 Å². The minimum absolute atomic E-state index is 0.109. The summed E-state index contributed by atoms with van der Waals surface area (Å²) in [6.45, 7) is 2.46. The molecule has 1 aliphatic rings. The van der Waals surface area contributed by atoms with Crippen LogP contribution in [0.4, 0.5) is 5.82 Å². The summed E-state index contributed by atoms with van der Waals surface area (Å²) in [6, 6.07) is 9.38. The van der Waals surface area contributed by atoms with E-state index < -0.39 is 0 Å². The van der Waals surface area contributed by atoms with Crippen LogP contribution in [0.25, 0.3) is 10.9 Å². The van der Waals surface area contributed by atoms with Crippen molar-refractivity contribution in [2.24, 2.45) is 0 Å². The van der Waals surface area contributed by atoms with Crippen molar-refractivity contribution in [3.05, 3.63) is 60.2 Å². The summed E-state index contributed by atoms with van der Waals surface area (Å²) >= 11 is 0. The number of aromatic nitrogens is 3. The first-order valence-electron chi connectivity index (χ1n) is 8.48. The van der Waals surface area contributed by atoms with Crippen LogP contribution in [-0.2, 0) is 6.54 Å². The number of hydrogen-bond acceptors (Lipinski definition) is 5. The molecule has 4 rings (SSSR count). The SMILES string of the molecule is O=C(NCc1cccnc1)c1ccc2ncnc(N3CCCC3)c2c1. The second kappa shape index (κ2) is 6.84. The van der Waals surface area contributed by atoms with Gasteiger partial charge in [0, 0.05) is 43.0 Å². The van der Waals surface area contributed by atoms with E-state index in [2.05, 4.69) is 25.2 Å². The highest BCUT2D eigenvalue weighted by atomic mass is 16.1. The molecule has 25 heavy (non-hydrogen) atoms. The Bertz CT molecular complexity index is 891. The molecule has 3 aromatic rings. The predicted octanol–water partition coefficient (Wildman–Crippen LogP) is 2.56. The van der Waals surface area contributed by atoms with Crippen molar-refractivity contribution in [2.45, 2.75) is 19.4 Å². The maximum absolute atomic E-state index is 12.5. The van der Waals surface area contributed by atoms with Crippen molar-refractivity contribution in [3.63, 3.8) is 0 Å². The molecular weight excluding hydrogens is 314 g/mol. The highest BCUT2D eigenvalue weighted by Crippen LogP contribution is 2.26. The zero-order chi connectivity index (χ0) is 17.1. The number of carbonyl (C=O) groups excluding carboxylic acids is 1. The first kappa shape index (κ1) is 15.5. The quantitative estimate of drug-likeness (QED) is 0.794. The molecule has 6 nitrogen and oxygen atoms in total. The molecule has 0 unspecified atom stereocenters. The molecule has 1 amide bonds. The van der Waals surface area contributed by atoms with Crippen molar-refractivity contribution in [1.82, 2.24) is 20.3 Å². The third-order valence-electron chi connectivity index (χ3n) is 4.46. The smallest absolute Gasteiger partial charge is 0.251 e. The first-order chi connectivity index (χ1) is 12.3. The van der Waals surface area contributed by atoms with Gasteiger partial charge in [0.05, 0.1) is 5.52 Å².